The van der Waals surface area contributed by atoms with E-state index in [1.165, 1.54) is 6.20 Å². The SMILES string of the molecule is NNc1ncc(Br)c(NCCOCC(F)F)n1. The summed E-state index contributed by atoms with van der Waals surface area (Å²) in [7, 11) is 0. The van der Waals surface area contributed by atoms with E-state index in [1.807, 2.05) is 0 Å². The molecule has 0 bridgehead atoms. The van der Waals surface area contributed by atoms with Gasteiger partial charge >= 0.3 is 0 Å². The van der Waals surface area contributed by atoms with Gasteiger partial charge in [-0.25, -0.2) is 19.6 Å². The third-order valence-corrected chi connectivity index (χ3v) is 2.24. The van der Waals surface area contributed by atoms with E-state index in [4.69, 9.17) is 10.6 Å². The topological polar surface area (TPSA) is 85.1 Å². The number of anilines is 2. The van der Waals surface area contributed by atoms with E-state index in [0.29, 0.717) is 16.8 Å². The van der Waals surface area contributed by atoms with Gasteiger partial charge in [-0.15, -0.1) is 0 Å². The van der Waals surface area contributed by atoms with Crippen molar-refractivity contribution in [3.05, 3.63) is 10.7 Å². The number of nitrogens with one attached hydrogen (secondary N) is 2. The summed E-state index contributed by atoms with van der Waals surface area (Å²) in [6, 6.07) is 0. The van der Waals surface area contributed by atoms with Gasteiger partial charge in [-0.1, -0.05) is 0 Å². The van der Waals surface area contributed by atoms with Crippen LogP contribution < -0.4 is 16.6 Å². The Balaban J connectivity index is 2.35. The lowest BCUT2D eigenvalue weighted by molar-refractivity contribution is 0.0215. The van der Waals surface area contributed by atoms with Crippen LogP contribution in [0, 0.1) is 0 Å². The van der Waals surface area contributed by atoms with E-state index >= 15 is 0 Å². The minimum Gasteiger partial charge on any atom is -0.374 e. The van der Waals surface area contributed by atoms with Crippen molar-refractivity contribution in [3.63, 3.8) is 0 Å². The molecule has 1 aromatic heterocycles. The number of alkyl halides is 2. The molecule has 4 N–H and O–H groups in total. The van der Waals surface area contributed by atoms with E-state index in [-0.39, 0.29) is 12.6 Å². The molecule has 0 spiro atoms. The molecule has 17 heavy (non-hydrogen) atoms. The van der Waals surface area contributed by atoms with Crippen LogP contribution >= 0.6 is 15.9 Å². The molecule has 6 nitrogen and oxygen atoms in total. The molecule has 96 valence electrons. The van der Waals surface area contributed by atoms with Gasteiger partial charge in [-0.05, 0) is 15.9 Å². The largest absolute Gasteiger partial charge is 0.374 e. The van der Waals surface area contributed by atoms with Gasteiger partial charge in [-0.3, -0.25) is 5.43 Å². The summed E-state index contributed by atoms with van der Waals surface area (Å²) in [5, 5.41) is 2.90. The van der Waals surface area contributed by atoms with E-state index in [9.17, 15) is 8.78 Å². The summed E-state index contributed by atoms with van der Waals surface area (Å²) in [5.74, 6) is 5.91. The highest BCUT2D eigenvalue weighted by Gasteiger charge is 2.04. The molecule has 1 rings (SSSR count). The third-order valence-electron chi connectivity index (χ3n) is 1.66. The zero-order valence-electron chi connectivity index (χ0n) is 8.79. The number of hydrogen-bond donors (Lipinski definition) is 3. The second-order valence-corrected chi connectivity index (χ2v) is 3.78. The van der Waals surface area contributed by atoms with Crippen LogP contribution in [0.2, 0.25) is 0 Å². The first-order valence-corrected chi connectivity index (χ1v) is 5.51. The molecule has 0 aliphatic heterocycles. The zero-order chi connectivity index (χ0) is 12.7. The smallest absolute Gasteiger partial charge is 0.261 e. The number of rotatable bonds is 7. The Bertz CT molecular complexity index is 355. The van der Waals surface area contributed by atoms with Crippen LogP contribution in [0.25, 0.3) is 0 Å². The molecular formula is C8H12BrF2N5O. The standard InChI is InChI=1S/C8H12BrF2N5O/c9-5-3-14-8(16-12)15-7(5)13-1-2-17-4-6(10)11/h3,6H,1-2,4,12H2,(H2,13,14,15,16). The molecule has 1 aromatic rings. The molecule has 0 aliphatic rings. The minimum absolute atomic E-state index is 0.159. The molecule has 0 saturated carbocycles. The molecule has 0 saturated heterocycles. The van der Waals surface area contributed by atoms with E-state index in [0.717, 1.165) is 0 Å². The molecule has 0 atom stereocenters. The molecule has 0 amide bonds. The van der Waals surface area contributed by atoms with Crippen molar-refractivity contribution in [3.8, 4) is 0 Å². The normalized spacial score (nSPS) is 10.6. The lowest BCUT2D eigenvalue weighted by Crippen LogP contribution is -2.16. The Hall–Kier alpha value is -1.06. The first-order chi connectivity index (χ1) is 8.13. The lowest BCUT2D eigenvalue weighted by atomic mass is 10.5. The summed E-state index contributed by atoms with van der Waals surface area (Å²) in [6.45, 7) is -0.0548. The fourth-order valence-electron chi connectivity index (χ4n) is 0.975. The number of nitrogens with two attached hydrogens (primary N) is 1. The highest BCUT2D eigenvalue weighted by atomic mass is 79.9. The second kappa shape index (κ2) is 7.30. The van der Waals surface area contributed by atoms with E-state index in [2.05, 4.69) is 36.6 Å². The molecular weight excluding hydrogens is 300 g/mol. The van der Waals surface area contributed by atoms with Crippen molar-refractivity contribution in [2.75, 3.05) is 30.5 Å². The average molecular weight is 312 g/mol. The number of hydrazine groups is 1. The van der Waals surface area contributed by atoms with Crippen LogP contribution in [0.3, 0.4) is 0 Å². The Morgan fingerprint density at radius 2 is 2.29 bits per heavy atom. The highest BCUT2D eigenvalue weighted by Crippen LogP contribution is 2.19. The van der Waals surface area contributed by atoms with Crippen LogP contribution in [-0.4, -0.2) is 36.2 Å². The monoisotopic (exact) mass is 311 g/mol. The number of halogens is 3. The average Bonchev–Trinajstić information content (AvgIpc) is 2.30. The van der Waals surface area contributed by atoms with Gasteiger partial charge in [0.2, 0.25) is 5.95 Å². The number of nitrogen functional groups attached to an aromatic ring is 1. The Labute approximate surface area is 105 Å². The predicted molar refractivity (Wildman–Crippen MR) is 62.9 cm³/mol. The van der Waals surface area contributed by atoms with Crippen LogP contribution in [0.5, 0.6) is 0 Å². The van der Waals surface area contributed by atoms with Gasteiger partial charge in [0.25, 0.3) is 6.43 Å². The van der Waals surface area contributed by atoms with Crippen molar-refractivity contribution in [2.24, 2.45) is 5.84 Å². The second-order valence-electron chi connectivity index (χ2n) is 2.93. The Kier molecular flexibility index (Phi) is 6.01. The van der Waals surface area contributed by atoms with Crippen LogP contribution in [0.4, 0.5) is 20.5 Å². The lowest BCUT2D eigenvalue weighted by Gasteiger charge is -2.08. The van der Waals surface area contributed by atoms with Gasteiger partial charge < -0.3 is 10.1 Å². The molecule has 1 heterocycles. The maximum atomic E-state index is 11.8. The van der Waals surface area contributed by atoms with Gasteiger partial charge in [0.05, 0.1) is 11.1 Å². The summed E-state index contributed by atoms with van der Waals surface area (Å²) in [4.78, 5) is 7.88. The quantitative estimate of drug-likeness (QED) is 0.399. The first kappa shape index (κ1) is 14.0. The number of ether oxygens (including phenoxy) is 1. The molecule has 0 fully saturated rings. The Morgan fingerprint density at radius 3 is 2.94 bits per heavy atom. The van der Waals surface area contributed by atoms with Crippen molar-refractivity contribution in [1.29, 1.82) is 0 Å². The summed E-state index contributed by atoms with van der Waals surface area (Å²) in [6.07, 6.45) is -0.932. The number of aromatic nitrogens is 2. The van der Waals surface area contributed by atoms with Crippen LogP contribution in [0.1, 0.15) is 0 Å². The van der Waals surface area contributed by atoms with Crippen LogP contribution in [-0.2, 0) is 4.74 Å². The molecule has 0 radical (unpaired) electrons. The first-order valence-electron chi connectivity index (χ1n) is 4.72. The molecule has 0 aliphatic carbocycles. The summed E-state index contributed by atoms with van der Waals surface area (Å²) in [5.41, 5.74) is 2.30. The maximum absolute atomic E-state index is 11.8. The summed E-state index contributed by atoms with van der Waals surface area (Å²) >= 11 is 3.24. The van der Waals surface area contributed by atoms with Gasteiger partial charge in [0.1, 0.15) is 12.4 Å². The van der Waals surface area contributed by atoms with E-state index < -0.39 is 13.0 Å². The number of nitrogens with zero attached hydrogens (tertiary/aromatic N) is 2. The molecule has 0 aromatic carbocycles. The maximum Gasteiger partial charge on any atom is 0.261 e. The summed E-state index contributed by atoms with van der Waals surface area (Å²) < 4.78 is 28.8. The van der Waals surface area contributed by atoms with Gasteiger partial charge in [0.15, 0.2) is 0 Å². The van der Waals surface area contributed by atoms with Crippen molar-refractivity contribution >= 4 is 27.7 Å². The minimum atomic E-state index is -2.45. The molecule has 9 heteroatoms. The van der Waals surface area contributed by atoms with Gasteiger partial charge in [-0.2, -0.15) is 4.98 Å². The third kappa shape index (κ3) is 5.20. The highest BCUT2D eigenvalue weighted by molar-refractivity contribution is 9.10. The predicted octanol–water partition coefficient (Wildman–Crippen LogP) is 1.22. The van der Waals surface area contributed by atoms with Crippen LogP contribution in [0.15, 0.2) is 10.7 Å². The fraction of sp³-hybridized carbons (Fsp3) is 0.500. The van der Waals surface area contributed by atoms with Gasteiger partial charge in [0, 0.05) is 12.7 Å². The van der Waals surface area contributed by atoms with Crippen molar-refractivity contribution < 1.29 is 13.5 Å². The van der Waals surface area contributed by atoms with Crippen molar-refractivity contribution in [1.82, 2.24) is 9.97 Å². The molecule has 0 unspecified atom stereocenters. The number of hydrogen-bond acceptors (Lipinski definition) is 6. The zero-order valence-corrected chi connectivity index (χ0v) is 10.4. The van der Waals surface area contributed by atoms with E-state index in [1.54, 1.807) is 0 Å². The van der Waals surface area contributed by atoms with Crippen molar-refractivity contribution in [2.45, 2.75) is 6.43 Å². The fourth-order valence-corrected chi connectivity index (χ4v) is 1.31. The Morgan fingerprint density at radius 1 is 1.53 bits per heavy atom.